The first kappa shape index (κ1) is 11.4. The third-order valence-electron chi connectivity index (χ3n) is 3.59. The number of Topliss-reactive ketones (excluding diaryl/α,β-unsaturated/α-hetero) is 1. The second kappa shape index (κ2) is 5.33. The van der Waals surface area contributed by atoms with Crippen LogP contribution < -0.4 is 0 Å². The van der Waals surface area contributed by atoms with Crippen molar-refractivity contribution in [3.05, 3.63) is 24.2 Å². The van der Waals surface area contributed by atoms with Crippen LogP contribution in [0, 0.1) is 11.8 Å². The normalized spacial score (nSPS) is 25.6. The van der Waals surface area contributed by atoms with Crippen LogP contribution in [0.1, 0.15) is 44.8 Å². The minimum atomic E-state index is 0.318. The summed E-state index contributed by atoms with van der Waals surface area (Å²) in [6.45, 7) is 2.26. The molecule has 16 heavy (non-hydrogen) atoms. The van der Waals surface area contributed by atoms with Gasteiger partial charge in [0, 0.05) is 18.8 Å². The predicted molar refractivity (Wildman–Crippen MR) is 63.2 cm³/mol. The van der Waals surface area contributed by atoms with E-state index in [9.17, 15) is 4.79 Å². The Labute approximate surface area is 97.0 Å². The molecule has 1 saturated carbocycles. The molecule has 0 radical (unpaired) electrons. The third kappa shape index (κ3) is 2.97. The summed E-state index contributed by atoms with van der Waals surface area (Å²) in [5, 5.41) is 0. The maximum Gasteiger partial charge on any atom is 0.136 e. The Balaban J connectivity index is 1.79. The summed E-state index contributed by atoms with van der Waals surface area (Å²) < 4.78 is 5.24. The van der Waals surface area contributed by atoms with Crippen molar-refractivity contribution in [2.24, 2.45) is 11.8 Å². The second-order valence-electron chi connectivity index (χ2n) is 5.01. The fraction of sp³-hybridized carbons (Fsp3) is 0.643. The molecule has 0 amide bonds. The van der Waals surface area contributed by atoms with E-state index in [0.29, 0.717) is 18.1 Å². The van der Waals surface area contributed by atoms with Crippen LogP contribution in [0.4, 0.5) is 0 Å². The number of carbonyl (C=O) groups excluding carboxylic acids is 1. The van der Waals surface area contributed by atoms with Crippen LogP contribution in [0.15, 0.2) is 22.8 Å². The zero-order valence-electron chi connectivity index (χ0n) is 9.95. The van der Waals surface area contributed by atoms with E-state index in [-0.39, 0.29) is 0 Å². The zero-order chi connectivity index (χ0) is 11.4. The largest absolute Gasteiger partial charge is 0.469 e. The zero-order valence-corrected chi connectivity index (χ0v) is 9.95. The third-order valence-corrected chi connectivity index (χ3v) is 3.59. The molecule has 0 spiro atoms. The number of hydrogen-bond donors (Lipinski definition) is 0. The molecule has 0 saturated heterocycles. The summed E-state index contributed by atoms with van der Waals surface area (Å²) in [7, 11) is 0. The molecular formula is C14H20O2. The molecule has 2 rings (SSSR count). The summed E-state index contributed by atoms with van der Waals surface area (Å²) in [5.74, 6) is 2.41. The van der Waals surface area contributed by atoms with Crippen LogP contribution in [0.2, 0.25) is 0 Å². The van der Waals surface area contributed by atoms with E-state index in [4.69, 9.17) is 4.42 Å². The first-order valence-electron chi connectivity index (χ1n) is 6.31. The maximum atomic E-state index is 12.0. The molecule has 1 aromatic heterocycles. The highest BCUT2D eigenvalue weighted by Crippen LogP contribution is 2.30. The lowest BCUT2D eigenvalue weighted by Gasteiger charge is -2.25. The Hall–Kier alpha value is -1.05. The summed E-state index contributed by atoms with van der Waals surface area (Å²) in [6, 6.07) is 3.82. The van der Waals surface area contributed by atoms with E-state index < -0.39 is 0 Å². The molecule has 0 N–H and O–H groups in total. The predicted octanol–water partition coefficient (Wildman–Crippen LogP) is 3.61. The number of rotatable bonds is 4. The van der Waals surface area contributed by atoms with Crippen LogP contribution in [0.3, 0.4) is 0 Å². The SMILES string of the molecule is CC1CCCC(C(=O)CCc2ccco2)C1. The number of aryl methyl sites for hydroxylation is 1. The van der Waals surface area contributed by atoms with E-state index in [1.807, 2.05) is 12.1 Å². The van der Waals surface area contributed by atoms with Gasteiger partial charge in [0.25, 0.3) is 0 Å². The fourth-order valence-electron chi connectivity index (χ4n) is 2.63. The first-order chi connectivity index (χ1) is 7.75. The highest BCUT2D eigenvalue weighted by Gasteiger charge is 2.24. The first-order valence-corrected chi connectivity index (χ1v) is 6.31. The van der Waals surface area contributed by atoms with Crippen LogP contribution in [-0.4, -0.2) is 5.78 Å². The molecule has 1 heterocycles. The van der Waals surface area contributed by atoms with Gasteiger partial charge in [0.2, 0.25) is 0 Å². The minimum absolute atomic E-state index is 0.318. The Morgan fingerprint density at radius 3 is 3.06 bits per heavy atom. The summed E-state index contributed by atoms with van der Waals surface area (Å²) in [4.78, 5) is 12.0. The second-order valence-corrected chi connectivity index (χ2v) is 5.01. The lowest BCUT2D eigenvalue weighted by atomic mass is 9.79. The molecule has 0 aliphatic heterocycles. The molecule has 0 aromatic carbocycles. The van der Waals surface area contributed by atoms with Gasteiger partial charge in [0.1, 0.15) is 11.5 Å². The van der Waals surface area contributed by atoms with Crippen molar-refractivity contribution in [3.8, 4) is 0 Å². The van der Waals surface area contributed by atoms with Crippen LogP contribution in [0.5, 0.6) is 0 Å². The van der Waals surface area contributed by atoms with E-state index in [0.717, 1.165) is 30.9 Å². The molecule has 2 unspecified atom stereocenters. The topological polar surface area (TPSA) is 30.2 Å². The van der Waals surface area contributed by atoms with Gasteiger partial charge in [-0.05, 0) is 30.9 Å². The maximum absolute atomic E-state index is 12.0. The molecule has 88 valence electrons. The fourth-order valence-corrected chi connectivity index (χ4v) is 2.63. The molecule has 1 aliphatic carbocycles. The van der Waals surface area contributed by atoms with Crippen molar-refractivity contribution in [1.82, 2.24) is 0 Å². The molecule has 1 aliphatic rings. The average Bonchev–Trinajstić information content (AvgIpc) is 2.78. The van der Waals surface area contributed by atoms with Crippen LogP contribution in [-0.2, 0) is 11.2 Å². The van der Waals surface area contributed by atoms with Gasteiger partial charge < -0.3 is 4.42 Å². The summed E-state index contributed by atoms with van der Waals surface area (Å²) >= 11 is 0. The Kier molecular flexibility index (Phi) is 3.81. The van der Waals surface area contributed by atoms with E-state index in [2.05, 4.69) is 6.92 Å². The molecule has 2 heteroatoms. The van der Waals surface area contributed by atoms with Gasteiger partial charge in [-0.25, -0.2) is 0 Å². The van der Waals surface area contributed by atoms with Crippen molar-refractivity contribution in [2.75, 3.05) is 0 Å². The Morgan fingerprint density at radius 2 is 2.38 bits per heavy atom. The smallest absolute Gasteiger partial charge is 0.136 e. The minimum Gasteiger partial charge on any atom is -0.469 e. The molecule has 1 fully saturated rings. The van der Waals surface area contributed by atoms with Gasteiger partial charge in [0.15, 0.2) is 0 Å². The number of furan rings is 1. The van der Waals surface area contributed by atoms with Crippen molar-refractivity contribution in [1.29, 1.82) is 0 Å². The lowest BCUT2D eigenvalue weighted by Crippen LogP contribution is -2.21. The van der Waals surface area contributed by atoms with E-state index in [1.165, 1.54) is 12.8 Å². The number of ketones is 1. The molecule has 1 aromatic rings. The number of hydrogen-bond acceptors (Lipinski definition) is 2. The van der Waals surface area contributed by atoms with Crippen molar-refractivity contribution < 1.29 is 9.21 Å². The van der Waals surface area contributed by atoms with Gasteiger partial charge in [-0.15, -0.1) is 0 Å². The summed E-state index contributed by atoms with van der Waals surface area (Å²) in [5.41, 5.74) is 0. The molecule has 2 nitrogen and oxygen atoms in total. The quantitative estimate of drug-likeness (QED) is 0.776. The number of carbonyl (C=O) groups is 1. The molecule has 2 atom stereocenters. The molecule has 0 bridgehead atoms. The van der Waals surface area contributed by atoms with Crippen molar-refractivity contribution in [3.63, 3.8) is 0 Å². The Morgan fingerprint density at radius 1 is 1.50 bits per heavy atom. The summed E-state index contributed by atoms with van der Waals surface area (Å²) in [6.07, 6.45) is 7.78. The monoisotopic (exact) mass is 220 g/mol. The van der Waals surface area contributed by atoms with Gasteiger partial charge in [-0.3, -0.25) is 4.79 Å². The van der Waals surface area contributed by atoms with Gasteiger partial charge in [0.05, 0.1) is 6.26 Å². The van der Waals surface area contributed by atoms with Gasteiger partial charge in [-0.1, -0.05) is 19.8 Å². The lowest BCUT2D eigenvalue weighted by molar-refractivity contribution is -0.124. The van der Waals surface area contributed by atoms with Crippen molar-refractivity contribution >= 4 is 5.78 Å². The molecular weight excluding hydrogens is 200 g/mol. The average molecular weight is 220 g/mol. The van der Waals surface area contributed by atoms with E-state index >= 15 is 0 Å². The van der Waals surface area contributed by atoms with Crippen LogP contribution in [0.25, 0.3) is 0 Å². The highest BCUT2D eigenvalue weighted by atomic mass is 16.3. The standard InChI is InChI=1S/C14H20O2/c1-11-4-2-5-12(10-11)14(15)8-7-13-6-3-9-16-13/h3,6,9,11-12H,2,4-5,7-8,10H2,1H3. The Bertz CT molecular complexity index is 327. The van der Waals surface area contributed by atoms with Gasteiger partial charge >= 0.3 is 0 Å². The highest BCUT2D eigenvalue weighted by molar-refractivity contribution is 5.81. The van der Waals surface area contributed by atoms with Gasteiger partial charge in [-0.2, -0.15) is 0 Å². The van der Waals surface area contributed by atoms with E-state index in [1.54, 1.807) is 6.26 Å². The van der Waals surface area contributed by atoms with Crippen LogP contribution >= 0.6 is 0 Å². The van der Waals surface area contributed by atoms with Crippen molar-refractivity contribution in [2.45, 2.75) is 45.4 Å².